The predicted molar refractivity (Wildman–Crippen MR) is 93.2 cm³/mol. The third kappa shape index (κ3) is 3.79. The first-order valence-corrected chi connectivity index (χ1v) is 7.67. The molecular formula is C19H23NO4. The molecule has 1 N–H and O–H groups in total. The molecule has 2 aromatic rings. The zero-order valence-corrected chi connectivity index (χ0v) is 14.7. The van der Waals surface area contributed by atoms with Gasteiger partial charge in [0.05, 0.1) is 27.4 Å². The molecule has 0 saturated carbocycles. The van der Waals surface area contributed by atoms with Gasteiger partial charge in [0.25, 0.3) is 5.91 Å². The normalized spacial score (nSPS) is 11.5. The smallest absolute Gasteiger partial charge is 0.251 e. The summed E-state index contributed by atoms with van der Waals surface area (Å²) in [6, 6.07) is 10.8. The third-order valence-corrected chi connectivity index (χ3v) is 3.91. The van der Waals surface area contributed by atoms with E-state index in [0.29, 0.717) is 17.1 Å². The highest BCUT2D eigenvalue weighted by Gasteiger charge is 2.14. The fourth-order valence-electron chi connectivity index (χ4n) is 2.51. The molecule has 1 atom stereocenters. The summed E-state index contributed by atoms with van der Waals surface area (Å²) in [5.41, 5.74) is 2.45. The van der Waals surface area contributed by atoms with Crippen molar-refractivity contribution in [2.24, 2.45) is 0 Å². The maximum absolute atomic E-state index is 12.4. The lowest BCUT2D eigenvalue weighted by molar-refractivity contribution is 0.0939. The van der Waals surface area contributed by atoms with Crippen molar-refractivity contribution in [2.75, 3.05) is 21.3 Å². The van der Waals surface area contributed by atoms with Crippen LogP contribution in [0.25, 0.3) is 0 Å². The second kappa shape index (κ2) is 7.73. The van der Waals surface area contributed by atoms with Gasteiger partial charge in [0.1, 0.15) is 5.75 Å². The zero-order chi connectivity index (χ0) is 17.7. The van der Waals surface area contributed by atoms with E-state index in [4.69, 9.17) is 14.2 Å². The van der Waals surface area contributed by atoms with E-state index in [9.17, 15) is 4.79 Å². The van der Waals surface area contributed by atoms with Gasteiger partial charge in [-0.15, -0.1) is 0 Å². The molecule has 0 fully saturated rings. The van der Waals surface area contributed by atoms with Crippen LogP contribution >= 0.6 is 0 Å². The van der Waals surface area contributed by atoms with Gasteiger partial charge in [-0.2, -0.15) is 0 Å². The van der Waals surface area contributed by atoms with Crippen molar-refractivity contribution >= 4 is 5.91 Å². The summed E-state index contributed by atoms with van der Waals surface area (Å²) in [5.74, 6) is 1.92. The molecule has 128 valence electrons. The van der Waals surface area contributed by atoms with Crippen LogP contribution < -0.4 is 19.5 Å². The Morgan fingerprint density at radius 3 is 2.12 bits per heavy atom. The van der Waals surface area contributed by atoms with Crippen molar-refractivity contribution < 1.29 is 19.0 Å². The van der Waals surface area contributed by atoms with Crippen LogP contribution in [0.3, 0.4) is 0 Å². The number of aryl methyl sites for hydroxylation is 1. The molecule has 2 rings (SSSR count). The quantitative estimate of drug-likeness (QED) is 0.881. The van der Waals surface area contributed by atoms with Crippen LogP contribution in [-0.4, -0.2) is 27.2 Å². The lowest BCUT2D eigenvalue weighted by atomic mass is 10.1. The highest BCUT2D eigenvalue weighted by atomic mass is 16.5. The van der Waals surface area contributed by atoms with E-state index >= 15 is 0 Å². The SMILES string of the molecule is COc1ccc(C(=O)N[C@H](C)c2ccc(OC)c(OC)c2)cc1C. The molecule has 0 aliphatic carbocycles. The molecule has 2 aromatic carbocycles. The van der Waals surface area contributed by atoms with Crippen LogP contribution in [-0.2, 0) is 0 Å². The van der Waals surface area contributed by atoms with E-state index in [1.54, 1.807) is 33.5 Å². The number of nitrogens with one attached hydrogen (secondary N) is 1. The number of methoxy groups -OCH3 is 3. The minimum Gasteiger partial charge on any atom is -0.496 e. The van der Waals surface area contributed by atoms with Crippen molar-refractivity contribution in [3.63, 3.8) is 0 Å². The topological polar surface area (TPSA) is 56.8 Å². The van der Waals surface area contributed by atoms with Crippen LogP contribution in [0.15, 0.2) is 36.4 Å². The lowest BCUT2D eigenvalue weighted by Crippen LogP contribution is -2.26. The second-order valence-electron chi connectivity index (χ2n) is 5.49. The largest absolute Gasteiger partial charge is 0.496 e. The molecule has 0 unspecified atom stereocenters. The summed E-state index contributed by atoms with van der Waals surface area (Å²) < 4.78 is 15.8. The van der Waals surface area contributed by atoms with E-state index in [1.165, 1.54) is 0 Å². The Kier molecular flexibility index (Phi) is 5.68. The number of rotatable bonds is 6. The lowest BCUT2D eigenvalue weighted by Gasteiger charge is -2.17. The highest BCUT2D eigenvalue weighted by Crippen LogP contribution is 2.30. The number of amides is 1. The van der Waals surface area contributed by atoms with E-state index in [1.807, 2.05) is 38.1 Å². The standard InChI is InChI=1S/C19H23NO4/c1-12-10-15(7-8-16(12)22-3)19(21)20-13(2)14-6-9-17(23-4)18(11-14)24-5/h6-11,13H,1-5H3,(H,20,21)/t13-/m1/s1. The first-order valence-electron chi connectivity index (χ1n) is 7.67. The molecule has 5 nitrogen and oxygen atoms in total. The van der Waals surface area contributed by atoms with Crippen molar-refractivity contribution in [1.82, 2.24) is 5.32 Å². The summed E-state index contributed by atoms with van der Waals surface area (Å²) in [5, 5.41) is 2.99. The van der Waals surface area contributed by atoms with Gasteiger partial charge in [-0.25, -0.2) is 0 Å². The third-order valence-electron chi connectivity index (χ3n) is 3.91. The Balaban J connectivity index is 2.15. The Morgan fingerprint density at radius 2 is 1.54 bits per heavy atom. The Morgan fingerprint density at radius 1 is 0.917 bits per heavy atom. The molecular weight excluding hydrogens is 306 g/mol. The number of carbonyl (C=O) groups excluding carboxylic acids is 1. The predicted octanol–water partition coefficient (Wildman–Crippen LogP) is 3.51. The summed E-state index contributed by atoms with van der Waals surface area (Å²) >= 11 is 0. The molecule has 0 bridgehead atoms. The van der Waals surface area contributed by atoms with Gasteiger partial charge < -0.3 is 19.5 Å². The van der Waals surface area contributed by atoms with Crippen LogP contribution in [0.4, 0.5) is 0 Å². The summed E-state index contributed by atoms with van der Waals surface area (Å²) in [6.07, 6.45) is 0. The molecule has 0 radical (unpaired) electrons. The van der Waals surface area contributed by atoms with Crippen molar-refractivity contribution in [2.45, 2.75) is 19.9 Å². The molecule has 0 spiro atoms. The molecule has 1 amide bonds. The van der Waals surface area contributed by atoms with E-state index in [2.05, 4.69) is 5.32 Å². The molecule has 0 aromatic heterocycles. The molecule has 0 saturated heterocycles. The fourth-order valence-corrected chi connectivity index (χ4v) is 2.51. The maximum atomic E-state index is 12.4. The van der Waals surface area contributed by atoms with Crippen molar-refractivity contribution in [3.05, 3.63) is 53.1 Å². The number of hydrogen-bond acceptors (Lipinski definition) is 4. The van der Waals surface area contributed by atoms with Gasteiger partial charge in [-0.1, -0.05) is 6.07 Å². The summed E-state index contributed by atoms with van der Waals surface area (Å²) in [7, 11) is 4.79. The van der Waals surface area contributed by atoms with Gasteiger partial charge in [0, 0.05) is 5.56 Å². The van der Waals surface area contributed by atoms with Crippen molar-refractivity contribution in [3.8, 4) is 17.2 Å². The van der Waals surface area contributed by atoms with Gasteiger partial charge in [0.2, 0.25) is 0 Å². The molecule has 0 aliphatic heterocycles. The van der Waals surface area contributed by atoms with E-state index in [0.717, 1.165) is 16.9 Å². The molecule has 0 aliphatic rings. The second-order valence-corrected chi connectivity index (χ2v) is 5.49. The fraction of sp³-hybridized carbons (Fsp3) is 0.316. The van der Waals surface area contributed by atoms with Gasteiger partial charge in [-0.05, 0) is 55.3 Å². The summed E-state index contributed by atoms with van der Waals surface area (Å²) in [6.45, 7) is 3.84. The van der Waals surface area contributed by atoms with Crippen LogP contribution in [0.2, 0.25) is 0 Å². The first kappa shape index (κ1) is 17.7. The average Bonchev–Trinajstić information content (AvgIpc) is 2.60. The van der Waals surface area contributed by atoms with Crippen LogP contribution in [0.1, 0.15) is 34.5 Å². The van der Waals surface area contributed by atoms with E-state index in [-0.39, 0.29) is 11.9 Å². The maximum Gasteiger partial charge on any atom is 0.251 e. The summed E-state index contributed by atoms with van der Waals surface area (Å²) in [4.78, 5) is 12.4. The number of carbonyl (C=O) groups is 1. The first-order chi connectivity index (χ1) is 11.5. The molecule has 24 heavy (non-hydrogen) atoms. The minimum absolute atomic E-state index is 0.136. The van der Waals surface area contributed by atoms with Crippen LogP contribution in [0.5, 0.6) is 17.2 Å². The number of ether oxygens (including phenoxy) is 3. The van der Waals surface area contributed by atoms with Crippen LogP contribution in [0, 0.1) is 6.92 Å². The number of benzene rings is 2. The average molecular weight is 329 g/mol. The molecule has 5 heteroatoms. The minimum atomic E-state index is -0.167. The highest BCUT2D eigenvalue weighted by molar-refractivity contribution is 5.94. The van der Waals surface area contributed by atoms with Gasteiger partial charge >= 0.3 is 0 Å². The Hall–Kier alpha value is -2.69. The Labute approximate surface area is 142 Å². The van der Waals surface area contributed by atoms with Crippen molar-refractivity contribution in [1.29, 1.82) is 0 Å². The van der Waals surface area contributed by atoms with E-state index < -0.39 is 0 Å². The van der Waals surface area contributed by atoms with Gasteiger partial charge in [0.15, 0.2) is 11.5 Å². The number of hydrogen-bond donors (Lipinski definition) is 1. The molecule has 0 heterocycles. The monoisotopic (exact) mass is 329 g/mol. The Bertz CT molecular complexity index is 727. The zero-order valence-electron chi connectivity index (χ0n) is 14.7. The van der Waals surface area contributed by atoms with Gasteiger partial charge in [-0.3, -0.25) is 4.79 Å².